The average Bonchev–Trinajstić information content (AvgIpc) is 2.43. The average molecular weight is 292 g/mol. The highest BCUT2D eigenvalue weighted by atomic mass is 79.9. The Morgan fingerprint density at radius 1 is 1.50 bits per heavy atom. The summed E-state index contributed by atoms with van der Waals surface area (Å²) in [6, 6.07) is 5.32. The van der Waals surface area contributed by atoms with Crippen LogP contribution in [0, 0.1) is 0 Å². The number of carboxylic acids is 1. The quantitative estimate of drug-likeness (QED) is 0.862. The van der Waals surface area contributed by atoms with Gasteiger partial charge in [0.15, 0.2) is 0 Å². The number of thiophene rings is 1. The molecule has 2 aromatic rings. The summed E-state index contributed by atoms with van der Waals surface area (Å²) < 4.78 is 1.50. The Morgan fingerprint density at radius 2 is 2.21 bits per heavy atom. The first kappa shape index (κ1) is 9.96. The summed E-state index contributed by atoms with van der Waals surface area (Å²) in [7, 11) is 0. The van der Waals surface area contributed by atoms with E-state index in [2.05, 4.69) is 15.9 Å². The van der Waals surface area contributed by atoms with Crippen LogP contribution in [0.5, 0.6) is 0 Å². The van der Waals surface area contributed by atoms with Crippen molar-refractivity contribution in [2.45, 2.75) is 0 Å². The minimum Gasteiger partial charge on any atom is -0.477 e. The molecule has 0 aliphatic carbocycles. The monoisotopic (exact) mass is 290 g/mol. The predicted octanol–water partition coefficient (Wildman–Crippen LogP) is 4.02. The largest absolute Gasteiger partial charge is 0.477 e. The van der Waals surface area contributed by atoms with Crippen LogP contribution in [0.4, 0.5) is 0 Å². The van der Waals surface area contributed by atoms with Gasteiger partial charge in [-0.1, -0.05) is 17.7 Å². The number of benzene rings is 1. The second-order valence-corrected chi connectivity index (χ2v) is 4.97. The van der Waals surface area contributed by atoms with Crippen molar-refractivity contribution in [3.05, 3.63) is 32.6 Å². The van der Waals surface area contributed by atoms with Gasteiger partial charge >= 0.3 is 5.97 Å². The third-order valence-corrected chi connectivity index (χ3v) is 4.25. The van der Waals surface area contributed by atoms with Crippen LogP contribution in [0.3, 0.4) is 0 Å². The SMILES string of the molecule is O=C(O)c1sc2cc(Cl)ccc2c1Br. The molecule has 1 N–H and O–H groups in total. The van der Waals surface area contributed by atoms with E-state index in [4.69, 9.17) is 16.7 Å². The Hall–Kier alpha value is -0.580. The van der Waals surface area contributed by atoms with E-state index < -0.39 is 5.97 Å². The lowest BCUT2D eigenvalue weighted by atomic mass is 10.2. The third kappa shape index (κ3) is 1.54. The molecular weight excluding hydrogens is 288 g/mol. The first-order valence-corrected chi connectivity index (χ1v) is 5.69. The van der Waals surface area contributed by atoms with Gasteiger partial charge in [0, 0.05) is 15.1 Å². The van der Waals surface area contributed by atoms with E-state index in [-0.39, 0.29) is 0 Å². The van der Waals surface area contributed by atoms with E-state index in [1.54, 1.807) is 12.1 Å². The van der Waals surface area contributed by atoms with Crippen LogP contribution >= 0.6 is 38.9 Å². The topological polar surface area (TPSA) is 37.3 Å². The van der Waals surface area contributed by atoms with Crippen LogP contribution < -0.4 is 0 Å². The summed E-state index contributed by atoms with van der Waals surface area (Å²) in [5, 5.41) is 10.4. The zero-order chi connectivity index (χ0) is 10.3. The lowest BCUT2D eigenvalue weighted by molar-refractivity contribution is 0.0701. The molecule has 5 heteroatoms. The van der Waals surface area contributed by atoms with Crippen molar-refractivity contribution in [3.8, 4) is 0 Å². The Bertz CT molecular complexity index is 521. The van der Waals surface area contributed by atoms with Gasteiger partial charge in [0.2, 0.25) is 0 Å². The summed E-state index contributed by atoms with van der Waals surface area (Å²) in [4.78, 5) is 11.1. The first-order chi connectivity index (χ1) is 6.59. The Balaban J connectivity index is 2.79. The van der Waals surface area contributed by atoms with Crippen LogP contribution in [0.25, 0.3) is 10.1 Å². The number of halogens is 2. The molecule has 1 aromatic heterocycles. The van der Waals surface area contributed by atoms with Crippen molar-refractivity contribution in [2.24, 2.45) is 0 Å². The molecule has 0 amide bonds. The van der Waals surface area contributed by atoms with Crippen molar-refractivity contribution >= 4 is 54.9 Å². The van der Waals surface area contributed by atoms with Gasteiger partial charge in [-0.05, 0) is 28.1 Å². The molecule has 0 atom stereocenters. The lowest BCUT2D eigenvalue weighted by Crippen LogP contribution is -1.91. The molecule has 1 heterocycles. The second-order valence-electron chi connectivity index (χ2n) is 2.69. The van der Waals surface area contributed by atoms with Gasteiger partial charge in [0.25, 0.3) is 0 Å². The van der Waals surface area contributed by atoms with Crippen LogP contribution in [-0.4, -0.2) is 11.1 Å². The zero-order valence-electron chi connectivity index (χ0n) is 6.75. The fourth-order valence-electron chi connectivity index (χ4n) is 1.18. The smallest absolute Gasteiger partial charge is 0.347 e. The van der Waals surface area contributed by atoms with E-state index in [1.165, 1.54) is 11.3 Å². The molecule has 0 radical (unpaired) electrons. The van der Waals surface area contributed by atoms with Gasteiger partial charge in [-0.15, -0.1) is 11.3 Å². The number of hydrogen-bond donors (Lipinski definition) is 1. The van der Waals surface area contributed by atoms with E-state index >= 15 is 0 Å². The maximum absolute atomic E-state index is 10.8. The zero-order valence-corrected chi connectivity index (χ0v) is 9.91. The number of carbonyl (C=O) groups is 1. The molecule has 2 nitrogen and oxygen atoms in total. The molecular formula is C9H4BrClO2S. The van der Waals surface area contributed by atoms with Gasteiger partial charge in [0.05, 0.1) is 4.47 Å². The van der Waals surface area contributed by atoms with E-state index in [0.29, 0.717) is 14.4 Å². The summed E-state index contributed by atoms with van der Waals surface area (Å²) >= 11 is 10.3. The van der Waals surface area contributed by atoms with Gasteiger partial charge in [0.1, 0.15) is 4.88 Å². The van der Waals surface area contributed by atoms with Gasteiger partial charge in [-0.25, -0.2) is 4.79 Å². The van der Waals surface area contributed by atoms with Crippen LogP contribution in [0.15, 0.2) is 22.7 Å². The number of aromatic carboxylic acids is 1. The minimum absolute atomic E-state index is 0.308. The lowest BCUT2D eigenvalue weighted by Gasteiger charge is -1.90. The van der Waals surface area contributed by atoms with Crippen molar-refractivity contribution in [1.82, 2.24) is 0 Å². The highest BCUT2D eigenvalue weighted by Crippen LogP contribution is 2.36. The van der Waals surface area contributed by atoms with E-state index in [0.717, 1.165) is 10.1 Å². The molecule has 0 saturated heterocycles. The summed E-state index contributed by atoms with van der Waals surface area (Å²) in [5.41, 5.74) is 0. The van der Waals surface area contributed by atoms with Gasteiger partial charge in [-0.3, -0.25) is 0 Å². The van der Waals surface area contributed by atoms with Crippen molar-refractivity contribution in [2.75, 3.05) is 0 Å². The fraction of sp³-hybridized carbons (Fsp3) is 0. The summed E-state index contributed by atoms with van der Waals surface area (Å²) in [6.07, 6.45) is 0. The maximum atomic E-state index is 10.8. The van der Waals surface area contributed by atoms with E-state index in [9.17, 15) is 4.79 Å². The molecule has 1 aromatic carbocycles. The van der Waals surface area contributed by atoms with Crippen molar-refractivity contribution in [1.29, 1.82) is 0 Å². The molecule has 14 heavy (non-hydrogen) atoms. The molecule has 0 aliphatic rings. The van der Waals surface area contributed by atoms with Crippen LogP contribution in [0.1, 0.15) is 9.67 Å². The molecule has 0 fully saturated rings. The minimum atomic E-state index is -0.922. The maximum Gasteiger partial charge on any atom is 0.347 e. The highest BCUT2D eigenvalue weighted by molar-refractivity contribution is 9.10. The highest BCUT2D eigenvalue weighted by Gasteiger charge is 2.15. The summed E-state index contributed by atoms with van der Waals surface area (Å²) in [5.74, 6) is -0.922. The normalized spacial score (nSPS) is 10.7. The van der Waals surface area contributed by atoms with Crippen LogP contribution in [-0.2, 0) is 0 Å². The van der Waals surface area contributed by atoms with Crippen molar-refractivity contribution in [3.63, 3.8) is 0 Å². The molecule has 72 valence electrons. The molecule has 0 saturated carbocycles. The molecule has 0 bridgehead atoms. The number of rotatable bonds is 1. The molecule has 2 rings (SSSR count). The standard InChI is InChI=1S/C9H4BrClO2S/c10-7-5-2-1-4(11)3-6(5)14-8(7)9(12)13/h1-3H,(H,12,13). The van der Waals surface area contributed by atoms with Gasteiger partial charge in [-0.2, -0.15) is 0 Å². The second kappa shape index (κ2) is 3.53. The van der Waals surface area contributed by atoms with Crippen molar-refractivity contribution < 1.29 is 9.90 Å². The van der Waals surface area contributed by atoms with E-state index in [1.807, 2.05) is 6.07 Å². The van der Waals surface area contributed by atoms with Gasteiger partial charge < -0.3 is 5.11 Å². The molecule has 0 unspecified atom stereocenters. The Labute approximate surface area is 97.2 Å². The fourth-order valence-corrected chi connectivity index (χ4v) is 3.28. The number of carboxylic acid groups (broad SMARTS) is 1. The summed E-state index contributed by atoms with van der Waals surface area (Å²) in [6.45, 7) is 0. The molecule has 0 aliphatic heterocycles. The predicted molar refractivity (Wildman–Crippen MR) is 61.5 cm³/mol. The number of hydrogen-bond acceptors (Lipinski definition) is 2. The number of fused-ring (bicyclic) bond motifs is 1. The Kier molecular flexibility index (Phi) is 2.51. The first-order valence-electron chi connectivity index (χ1n) is 3.70. The van der Waals surface area contributed by atoms with Crippen LogP contribution in [0.2, 0.25) is 5.02 Å². The Morgan fingerprint density at radius 3 is 2.86 bits per heavy atom. The third-order valence-electron chi connectivity index (χ3n) is 1.79. The molecule has 0 spiro atoms.